The van der Waals surface area contributed by atoms with Crippen LogP contribution in [0.25, 0.3) is 5.52 Å². The molecule has 0 bridgehead atoms. The van der Waals surface area contributed by atoms with Gasteiger partial charge in [0, 0.05) is 11.7 Å². The maximum Gasteiger partial charge on any atom is 0.128 e. The average Bonchev–Trinajstić information content (AvgIpc) is 2.61. The Kier molecular flexibility index (Phi) is 2.60. The fourth-order valence-electron chi connectivity index (χ4n) is 2.95. The van der Waals surface area contributed by atoms with Gasteiger partial charge in [-0.25, -0.2) is 0 Å². The number of pyridine rings is 1. The molecule has 2 aromatic heterocycles. The predicted molar refractivity (Wildman–Crippen MR) is 68.0 cm³/mol. The van der Waals surface area contributed by atoms with Gasteiger partial charge in [0.1, 0.15) is 11.8 Å². The molecule has 0 aromatic carbocycles. The van der Waals surface area contributed by atoms with Gasteiger partial charge in [-0.15, -0.1) is 0 Å². The van der Waals surface area contributed by atoms with Crippen LogP contribution in [0.5, 0.6) is 0 Å². The lowest BCUT2D eigenvalue weighted by molar-refractivity contribution is 0.620. The Hall–Kier alpha value is -1.75. The van der Waals surface area contributed by atoms with Gasteiger partial charge < -0.3 is 4.40 Å². The van der Waals surface area contributed by atoms with Gasteiger partial charge in [-0.3, -0.25) is 0 Å². The summed E-state index contributed by atoms with van der Waals surface area (Å²) in [4.78, 5) is 0. The molecule has 2 aromatic rings. The molecular weight excluding hydrogens is 208 g/mol. The molecule has 0 spiro atoms. The second-order valence-electron chi connectivity index (χ2n) is 4.79. The lowest BCUT2D eigenvalue weighted by atomic mass is 9.94. The topological polar surface area (TPSA) is 28.2 Å². The van der Waals surface area contributed by atoms with Crippen LogP contribution in [-0.4, -0.2) is 4.40 Å². The van der Waals surface area contributed by atoms with Crippen LogP contribution >= 0.6 is 0 Å². The van der Waals surface area contributed by atoms with Crippen molar-refractivity contribution in [2.75, 3.05) is 0 Å². The quantitative estimate of drug-likeness (QED) is 0.673. The molecule has 2 heteroatoms. The van der Waals surface area contributed by atoms with Crippen LogP contribution in [0.15, 0.2) is 24.4 Å². The first kappa shape index (κ1) is 10.4. The molecule has 17 heavy (non-hydrogen) atoms. The van der Waals surface area contributed by atoms with E-state index in [1.807, 2.05) is 12.3 Å². The Bertz CT molecular complexity index is 587. The highest BCUT2D eigenvalue weighted by atomic mass is 14.9. The van der Waals surface area contributed by atoms with Crippen LogP contribution in [0, 0.1) is 11.3 Å². The van der Waals surface area contributed by atoms with E-state index in [9.17, 15) is 5.26 Å². The van der Waals surface area contributed by atoms with E-state index in [0.717, 1.165) is 18.5 Å². The number of hydrogen-bond donors (Lipinski definition) is 0. The van der Waals surface area contributed by atoms with Gasteiger partial charge in [0.25, 0.3) is 0 Å². The molecule has 0 fully saturated rings. The van der Waals surface area contributed by atoms with E-state index < -0.39 is 0 Å². The summed E-state index contributed by atoms with van der Waals surface area (Å²) in [6, 6.07) is 8.60. The first-order chi connectivity index (χ1) is 8.42. The van der Waals surface area contributed by atoms with E-state index >= 15 is 0 Å². The van der Waals surface area contributed by atoms with Crippen molar-refractivity contribution in [2.24, 2.45) is 0 Å². The predicted octanol–water partition coefficient (Wildman–Crippen LogP) is 3.47. The Morgan fingerprint density at radius 1 is 1.00 bits per heavy atom. The minimum Gasteiger partial charge on any atom is -0.308 e. The van der Waals surface area contributed by atoms with Crippen molar-refractivity contribution in [3.05, 3.63) is 41.2 Å². The van der Waals surface area contributed by atoms with Gasteiger partial charge in [0.15, 0.2) is 0 Å². The summed E-state index contributed by atoms with van der Waals surface area (Å²) in [5, 5.41) is 9.37. The lowest BCUT2D eigenvalue weighted by Gasteiger charge is -2.09. The zero-order valence-electron chi connectivity index (χ0n) is 9.95. The normalized spacial score (nSPS) is 15.9. The molecule has 0 unspecified atom stereocenters. The minimum atomic E-state index is 0.859. The third-order valence-electron chi connectivity index (χ3n) is 3.77. The highest BCUT2D eigenvalue weighted by molar-refractivity contribution is 5.64. The molecule has 3 rings (SSSR count). The summed E-state index contributed by atoms with van der Waals surface area (Å²) >= 11 is 0. The molecule has 2 heterocycles. The summed E-state index contributed by atoms with van der Waals surface area (Å²) < 4.78 is 2.07. The summed E-state index contributed by atoms with van der Waals surface area (Å²) in [7, 11) is 0. The van der Waals surface area contributed by atoms with E-state index in [2.05, 4.69) is 22.6 Å². The highest BCUT2D eigenvalue weighted by Gasteiger charge is 2.18. The van der Waals surface area contributed by atoms with Crippen LogP contribution in [0.2, 0.25) is 0 Å². The lowest BCUT2D eigenvalue weighted by Crippen LogP contribution is -1.98. The minimum absolute atomic E-state index is 0.859. The second kappa shape index (κ2) is 4.25. The standard InChI is InChI=1S/C15H16N2/c16-11-15-13-8-4-2-1-3-7-12(13)14-9-5-6-10-17(14)15/h5-6,9-10H,1-4,7-8H2. The summed E-state index contributed by atoms with van der Waals surface area (Å²) in [5.41, 5.74) is 4.82. The molecule has 86 valence electrons. The van der Waals surface area contributed by atoms with Crippen molar-refractivity contribution in [2.45, 2.75) is 38.5 Å². The van der Waals surface area contributed by atoms with Gasteiger partial charge in [-0.1, -0.05) is 18.9 Å². The maximum atomic E-state index is 9.37. The number of fused-ring (bicyclic) bond motifs is 3. The van der Waals surface area contributed by atoms with E-state index in [-0.39, 0.29) is 0 Å². The Morgan fingerprint density at radius 3 is 2.53 bits per heavy atom. The van der Waals surface area contributed by atoms with Crippen LogP contribution in [0.1, 0.15) is 42.5 Å². The Morgan fingerprint density at radius 2 is 1.76 bits per heavy atom. The zero-order valence-corrected chi connectivity index (χ0v) is 9.95. The summed E-state index contributed by atoms with van der Waals surface area (Å²) in [6.45, 7) is 0. The first-order valence-corrected chi connectivity index (χ1v) is 6.42. The molecule has 2 nitrogen and oxygen atoms in total. The fourth-order valence-corrected chi connectivity index (χ4v) is 2.95. The van der Waals surface area contributed by atoms with Gasteiger partial charge in [-0.2, -0.15) is 5.26 Å². The third kappa shape index (κ3) is 1.63. The number of aryl methyl sites for hydroxylation is 1. The van der Waals surface area contributed by atoms with Gasteiger partial charge in [-0.05, 0) is 48.9 Å². The molecule has 0 saturated heterocycles. The van der Waals surface area contributed by atoms with Crippen LogP contribution in [0.3, 0.4) is 0 Å². The SMILES string of the molecule is N#Cc1c2c(c3ccccn13)CCCCCC2. The van der Waals surface area contributed by atoms with Gasteiger partial charge in [0.2, 0.25) is 0 Å². The monoisotopic (exact) mass is 224 g/mol. The average molecular weight is 224 g/mol. The Balaban J connectivity index is 2.29. The number of nitriles is 1. The molecule has 1 aliphatic rings. The van der Waals surface area contributed by atoms with Crippen molar-refractivity contribution in [3.63, 3.8) is 0 Å². The maximum absolute atomic E-state index is 9.37. The number of aromatic nitrogens is 1. The number of hydrogen-bond acceptors (Lipinski definition) is 1. The van der Waals surface area contributed by atoms with Crippen molar-refractivity contribution in [1.82, 2.24) is 4.40 Å². The van der Waals surface area contributed by atoms with E-state index in [1.165, 1.54) is 42.3 Å². The largest absolute Gasteiger partial charge is 0.308 e. The molecule has 0 N–H and O–H groups in total. The third-order valence-corrected chi connectivity index (χ3v) is 3.77. The van der Waals surface area contributed by atoms with Crippen molar-refractivity contribution in [1.29, 1.82) is 5.26 Å². The number of nitrogens with zero attached hydrogens (tertiary/aromatic N) is 2. The van der Waals surface area contributed by atoms with E-state index in [1.54, 1.807) is 0 Å². The second-order valence-corrected chi connectivity index (χ2v) is 4.79. The van der Waals surface area contributed by atoms with Crippen molar-refractivity contribution < 1.29 is 0 Å². The van der Waals surface area contributed by atoms with E-state index in [4.69, 9.17) is 0 Å². The van der Waals surface area contributed by atoms with Gasteiger partial charge in [0.05, 0.1) is 0 Å². The van der Waals surface area contributed by atoms with Crippen LogP contribution in [-0.2, 0) is 12.8 Å². The molecule has 0 saturated carbocycles. The smallest absolute Gasteiger partial charge is 0.128 e. The molecule has 0 aliphatic heterocycles. The van der Waals surface area contributed by atoms with Crippen molar-refractivity contribution in [3.8, 4) is 6.07 Å². The molecule has 1 aliphatic carbocycles. The number of rotatable bonds is 0. The molecular formula is C15H16N2. The fraction of sp³-hybridized carbons (Fsp3) is 0.400. The summed E-state index contributed by atoms with van der Waals surface area (Å²) in [5.74, 6) is 0. The molecule has 0 amide bonds. The molecule has 0 radical (unpaired) electrons. The van der Waals surface area contributed by atoms with Gasteiger partial charge >= 0.3 is 0 Å². The first-order valence-electron chi connectivity index (χ1n) is 6.42. The summed E-state index contributed by atoms with van der Waals surface area (Å²) in [6.07, 6.45) is 9.32. The highest BCUT2D eigenvalue weighted by Crippen LogP contribution is 2.28. The zero-order chi connectivity index (χ0) is 11.7. The Labute approximate surface area is 101 Å². The van der Waals surface area contributed by atoms with Crippen LogP contribution < -0.4 is 0 Å². The molecule has 0 atom stereocenters. The van der Waals surface area contributed by atoms with Crippen molar-refractivity contribution >= 4 is 5.52 Å². The van der Waals surface area contributed by atoms with Crippen LogP contribution in [0.4, 0.5) is 0 Å². The van der Waals surface area contributed by atoms with E-state index in [0.29, 0.717) is 0 Å².